The van der Waals surface area contributed by atoms with E-state index in [2.05, 4.69) is 20.3 Å². The number of aromatic nitrogens is 2. The van der Waals surface area contributed by atoms with Gasteiger partial charge in [0.05, 0.1) is 5.02 Å². The van der Waals surface area contributed by atoms with Crippen molar-refractivity contribution in [1.29, 1.82) is 0 Å². The minimum Gasteiger partial charge on any atom is -0.462 e. The number of carbonyl (C=O) groups is 1. The van der Waals surface area contributed by atoms with Crippen LogP contribution in [0.2, 0.25) is 5.02 Å². The molecule has 1 saturated carbocycles. The number of anilines is 1. The van der Waals surface area contributed by atoms with Crippen LogP contribution >= 0.6 is 11.6 Å². The second kappa shape index (κ2) is 6.62. The van der Waals surface area contributed by atoms with Crippen LogP contribution in [0.1, 0.15) is 22.6 Å². The average molecular weight is 412 g/mol. The summed E-state index contributed by atoms with van der Waals surface area (Å²) in [5.74, 6) is -2.53. The lowest BCUT2D eigenvalue weighted by Crippen LogP contribution is -2.44. The Hall–Kier alpha value is -2.88. The maximum absolute atomic E-state index is 14.5. The van der Waals surface area contributed by atoms with Gasteiger partial charge in [0.25, 0.3) is 18.4 Å². The van der Waals surface area contributed by atoms with Gasteiger partial charge < -0.3 is 15.8 Å². The Morgan fingerprint density at radius 1 is 1.36 bits per heavy atom. The molecule has 3 atom stereocenters. The first-order valence-corrected chi connectivity index (χ1v) is 8.59. The number of aliphatic imine (C=N–C) groups is 1. The third kappa shape index (κ3) is 3.03. The molecule has 11 heteroatoms. The van der Waals surface area contributed by atoms with E-state index in [1.54, 1.807) is 0 Å². The van der Waals surface area contributed by atoms with Crippen molar-refractivity contribution >= 4 is 29.3 Å². The second-order valence-corrected chi connectivity index (χ2v) is 6.85. The Morgan fingerprint density at radius 2 is 2.14 bits per heavy atom. The van der Waals surface area contributed by atoms with Crippen molar-refractivity contribution < 1.29 is 22.7 Å². The zero-order valence-electron chi connectivity index (χ0n) is 14.1. The topological polar surface area (TPSA) is 102 Å². The highest BCUT2D eigenvalue weighted by atomic mass is 35.5. The number of nitrogens with zero attached hydrogens (tertiary/aromatic N) is 3. The smallest absolute Gasteiger partial charge is 0.283 e. The molecule has 3 N–H and O–H groups in total. The Bertz CT molecular complexity index is 972. The number of pyridine rings is 2. The van der Waals surface area contributed by atoms with E-state index >= 15 is 0 Å². The molecule has 2 aromatic heterocycles. The summed E-state index contributed by atoms with van der Waals surface area (Å²) in [4.78, 5) is 23.8. The summed E-state index contributed by atoms with van der Waals surface area (Å²) in [7, 11) is 0. The predicted molar refractivity (Wildman–Crippen MR) is 93.7 cm³/mol. The van der Waals surface area contributed by atoms with E-state index in [1.807, 2.05) is 0 Å². The highest BCUT2D eigenvalue weighted by Gasteiger charge is 2.65. The first-order valence-electron chi connectivity index (χ1n) is 8.21. The molecular weight excluding hydrogens is 399 g/mol. The molecule has 0 radical (unpaired) electrons. The highest BCUT2D eigenvalue weighted by molar-refractivity contribution is 6.30. The quantitative estimate of drug-likeness (QED) is 0.805. The third-order valence-corrected chi connectivity index (χ3v) is 4.85. The van der Waals surface area contributed by atoms with Gasteiger partial charge in [0, 0.05) is 12.1 Å². The van der Waals surface area contributed by atoms with Crippen LogP contribution < -0.4 is 11.1 Å². The van der Waals surface area contributed by atoms with Crippen LogP contribution in [0.25, 0.3) is 0 Å². The molecule has 7 nitrogen and oxygen atoms in total. The molecule has 1 fully saturated rings. The maximum Gasteiger partial charge on any atom is 0.283 e. The Labute approximate surface area is 161 Å². The molecule has 28 heavy (non-hydrogen) atoms. The standard InChI is InChI=1S/C17H13ClF3N5O2/c18-7-1-3-10(23-6-7)14(27)25-12-4-2-9(19)13(24-12)17(15(20)21)8-5-11(8)28-16(22)26-17/h1-4,6,8,11,15H,5H2,(H2,22,26)(H,24,25,27)/t8?,11-,17+/m1/s1. The summed E-state index contributed by atoms with van der Waals surface area (Å²) in [6.45, 7) is 0. The van der Waals surface area contributed by atoms with Crippen molar-refractivity contribution in [3.63, 3.8) is 0 Å². The van der Waals surface area contributed by atoms with E-state index in [1.165, 1.54) is 18.3 Å². The molecular formula is C17H13ClF3N5O2. The maximum atomic E-state index is 14.5. The molecule has 1 aliphatic heterocycles. The number of nitrogens with two attached hydrogens (primary N) is 1. The lowest BCUT2D eigenvalue weighted by atomic mass is 9.88. The largest absolute Gasteiger partial charge is 0.462 e. The van der Waals surface area contributed by atoms with E-state index < -0.39 is 47.4 Å². The van der Waals surface area contributed by atoms with Crippen LogP contribution in [0.3, 0.4) is 0 Å². The lowest BCUT2D eigenvalue weighted by molar-refractivity contribution is 0.0151. The molecule has 1 aliphatic carbocycles. The first-order chi connectivity index (χ1) is 13.3. The normalized spacial score (nSPS) is 25.5. The van der Waals surface area contributed by atoms with Gasteiger partial charge in [-0.1, -0.05) is 11.6 Å². The average Bonchev–Trinajstić information content (AvgIpc) is 3.42. The molecule has 146 valence electrons. The van der Waals surface area contributed by atoms with Crippen molar-refractivity contribution in [3.8, 4) is 0 Å². The lowest BCUT2D eigenvalue weighted by Gasteiger charge is -2.32. The van der Waals surface area contributed by atoms with Crippen LogP contribution in [0.15, 0.2) is 35.5 Å². The predicted octanol–water partition coefficient (Wildman–Crippen LogP) is 2.72. The second-order valence-electron chi connectivity index (χ2n) is 6.42. The van der Waals surface area contributed by atoms with E-state index in [0.29, 0.717) is 5.02 Å². The van der Waals surface area contributed by atoms with Crippen molar-refractivity contribution in [2.75, 3.05) is 5.32 Å². The molecule has 1 unspecified atom stereocenters. The van der Waals surface area contributed by atoms with Crippen LogP contribution in [-0.4, -0.2) is 34.4 Å². The van der Waals surface area contributed by atoms with Gasteiger partial charge in [0.2, 0.25) is 0 Å². The van der Waals surface area contributed by atoms with E-state index in [-0.39, 0.29) is 17.9 Å². The van der Waals surface area contributed by atoms with Gasteiger partial charge in [-0.25, -0.2) is 28.1 Å². The van der Waals surface area contributed by atoms with Crippen molar-refractivity contribution in [3.05, 3.63) is 52.7 Å². The number of halogens is 4. The molecule has 3 heterocycles. The summed E-state index contributed by atoms with van der Waals surface area (Å²) < 4.78 is 47.7. The number of hydrogen-bond acceptors (Lipinski definition) is 6. The minimum absolute atomic E-state index is 0.0243. The number of hydrogen-bond donors (Lipinski definition) is 2. The Morgan fingerprint density at radius 3 is 2.82 bits per heavy atom. The van der Waals surface area contributed by atoms with Gasteiger partial charge in [-0.3, -0.25) is 4.79 Å². The van der Waals surface area contributed by atoms with Crippen LogP contribution in [0.4, 0.5) is 19.0 Å². The van der Waals surface area contributed by atoms with Gasteiger partial charge in [-0.2, -0.15) is 0 Å². The number of rotatable bonds is 4. The number of carbonyl (C=O) groups excluding carboxylic acids is 1. The molecule has 2 aliphatic rings. The number of amides is 1. The zero-order chi connectivity index (χ0) is 20.1. The highest BCUT2D eigenvalue weighted by Crippen LogP contribution is 2.55. The van der Waals surface area contributed by atoms with E-state index in [0.717, 1.165) is 12.1 Å². The summed E-state index contributed by atoms with van der Waals surface area (Å²) >= 11 is 5.72. The summed E-state index contributed by atoms with van der Waals surface area (Å²) in [5, 5.41) is 2.74. The van der Waals surface area contributed by atoms with Gasteiger partial charge in [-0.15, -0.1) is 0 Å². The van der Waals surface area contributed by atoms with E-state index in [4.69, 9.17) is 22.1 Å². The number of fused-ring (bicyclic) bond motifs is 1. The molecule has 2 aromatic rings. The third-order valence-electron chi connectivity index (χ3n) is 4.62. The fourth-order valence-corrected chi connectivity index (χ4v) is 3.35. The number of alkyl halides is 2. The molecule has 0 spiro atoms. The Balaban J connectivity index is 1.70. The summed E-state index contributed by atoms with van der Waals surface area (Å²) in [6, 6.07) is 4.49. The Kier molecular flexibility index (Phi) is 4.37. The fourth-order valence-electron chi connectivity index (χ4n) is 3.24. The minimum atomic E-state index is -3.07. The summed E-state index contributed by atoms with van der Waals surface area (Å²) in [6.07, 6.45) is -2.11. The monoisotopic (exact) mass is 411 g/mol. The van der Waals surface area contributed by atoms with Crippen molar-refractivity contribution in [2.24, 2.45) is 16.6 Å². The van der Waals surface area contributed by atoms with Crippen molar-refractivity contribution in [2.45, 2.75) is 24.5 Å². The van der Waals surface area contributed by atoms with Gasteiger partial charge in [0.15, 0.2) is 5.54 Å². The molecule has 4 rings (SSSR count). The molecule has 0 bridgehead atoms. The number of amidine groups is 1. The SMILES string of the molecule is NC1=N[C@@](c2nc(NC(=O)c3ccc(Cl)cn3)ccc2F)(C(F)F)C2C[C@H]2O1. The van der Waals surface area contributed by atoms with Crippen LogP contribution in [-0.2, 0) is 10.3 Å². The number of ether oxygens (including phenoxy) is 1. The summed E-state index contributed by atoms with van der Waals surface area (Å²) in [5.41, 5.74) is 2.68. The van der Waals surface area contributed by atoms with Crippen LogP contribution in [0, 0.1) is 11.7 Å². The number of nitrogens with one attached hydrogen (secondary N) is 1. The van der Waals surface area contributed by atoms with Gasteiger partial charge >= 0.3 is 0 Å². The molecule has 0 saturated heterocycles. The fraction of sp³-hybridized carbons (Fsp3) is 0.294. The van der Waals surface area contributed by atoms with Gasteiger partial charge in [-0.05, 0) is 30.7 Å². The molecule has 1 amide bonds. The van der Waals surface area contributed by atoms with E-state index in [9.17, 15) is 18.0 Å². The van der Waals surface area contributed by atoms with Crippen molar-refractivity contribution in [1.82, 2.24) is 9.97 Å². The molecule has 0 aromatic carbocycles. The van der Waals surface area contributed by atoms with Gasteiger partial charge in [0.1, 0.15) is 29.1 Å². The van der Waals surface area contributed by atoms with Crippen LogP contribution in [0.5, 0.6) is 0 Å². The zero-order valence-corrected chi connectivity index (χ0v) is 14.8. The first kappa shape index (κ1) is 18.5.